The van der Waals surface area contributed by atoms with Crippen molar-refractivity contribution < 1.29 is 18.9 Å². The van der Waals surface area contributed by atoms with E-state index in [1.165, 1.54) is 44.5 Å². The van der Waals surface area contributed by atoms with Crippen LogP contribution in [0, 0.1) is 0 Å². The standard InChI is InChI=1S/2C58H37N3O2/c1-3-15-38(16-4-1)41-19-13-21-43(35-41)56-59-55(60-57(61-56)44-22-14-20-42(36-44)39-17-5-2-6-18-39)40-29-31-45(32-30-40)58(49-25-9-7-23-47(49)48-24-8-10-26-50(48)58)46-33-34-53-54(37-46)63-52-28-12-11-27-51(52)62-53;1-3-14-38(15-4-1)40-26-28-41(29-27-40)55-59-56(61-57(60-55)44-19-13-18-43(36-44)39-16-5-2-6-17-39)42-30-32-45(33-31-42)58(49-22-9-7-20-47(49)48-21-8-10-23-50(48)58)46-34-35-53-54(37-46)63-52-25-12-11-24-51(52)62-53/h2*1-37H. The Kier molecular flexibility index (Phi) is 18.5. The van der Waals surface area contributed by atoms with Crippen LogP contribution in [0.4, 0.5) is 0 Å². The fourth-order valence-corrected chi connectivity index (χ4v) is 18.7. The molecule has 0 saturated carbocycles. The minimum absolute atomic E-state index is 0.594. The lowest BCUT2D eigenvalue weighted by Gasteiger charge is -2.34. The molecule has 0 spiro atoms. The fourth-order valence-electron chi connectivity index (χ4n) is 18.7. The highest BCUT2D eigenvalue weighted by atomic mass is 16.6. The molecule has 0 bridgehead atoms. The second-order valence-electron chi connectivity index (χ2n) is 31.9. The number of ether oxygens (including phenoxy) is 4. The Balaban J connectivity index is 0.000000145. The summed E-state index contributed by atoms with van der Waals surface area (Å²) in [4.78, 5) is 31.0. The van der Waals surface area contributed by atoms with Gasteiger partial charge >= 0.3 is 0 Å². The normalized spacial score (nSPS) is 12.8. The summed E-state index contributed by atoms with van der Waals surface area (Å²) in [5.41, 5.74) is 27.1. The van der Waals surface area contributed by atoms with Crippen LogP contribution in [0.15, 0.2) is 449 Å². The van der Waals surface area contributed by atoms with Gasteiger partial charge in [-0.25, -0.2) is 29.9 Å². The maximum Gasteiger partial charge on any atom is 0.170 e. The van der Waals surface area contributed by atoms with Crippen LogP contribution in [-0.2, 0) is 10.8 Å². The zero-order valence-corrected chi connectivity index (χ0v) is 68.0. The van der Waals surface area contributed by atoms with Gasteiger partial charge in [0.25, 0.3) is 0 Å². The molecule has 10 heteroatoms. The molecule has 0 N–H and O–H groups in total. The van der Waals surface area contributed by atoms with Crippen molar-refractivity contribution in [1.29, 1.82) is 0 Å². The van der Waals surface area contributed by atoms with Crippen molar-refractivity contribution in [3.05, 3.63) is 493 Å². The van der Waals surface area contributed by atoms with Gasteiger partial charge in [-0.3, -0.25) is 0 Å². The Labute approximate surface area is 729 Å². The van der Waals surface area contributed by atoms with E-state index >= 15 is 0 Å². The molecule has 0 radical (unpaired) electrons. The Morgan fingerprint density at radius 3 is 0.651 bits per heavy atom. The first-order valence-corrected chi connectivity index (χ1v) is 42.3. The smallest absolute Gasteiger partial charge is 0.170 e. The quantitative estimate of drug-likeness (QED) is 0.104. The predicted molar refractivity (Wildman–Crippen MR) is 502 cm³/mol. The number of fused-ring (bicyclic) bond motifs is 10. The predicted octanol–water partition coefficient (Wildman–Crippen LogP) is 28.9. The molecule has 2 aliphatic heterocycles. The molecule has 2 aromatic heterocycles. The van der Waals surface area contributed by atoms with Crippen LogP contribution in [0.1, 0.15) is 44.5 Å². The van der Waals surface area contributed by atoms with Crippen LogP contribution >= 0.6 is 0 Å². The summed E-state index contributed by atoms with van der Waals surface area (Å²) >= 11 is 0. The van der Waals surface area contributed by atoms with E-state index in [-0.39, 0.29) is 0 Å². The van der Waals surface area contributed by atoms with Gasteiger partial charge in [0.05, 0.1) is 10.8 Å². The van der Waals surface area contributed by atoms with Gasteiger partial charge in [-0.15, -0.1) is 0 Å². The van der Waals surface area contributed by atoms with Crippen molar-refractivity contribution in [1.82, 2.24) is 29.9 Å². The van der Waals surface area contributed by atoms with Crippen molar-refractivity contribution in [2.24, 2.45) is 0 Å². The Morgan fingerprint density at radius 2 is 0.341 bits per heavy atom. The molecular formula is C116H74N6O4. The highest BCUT2D eigenvalue weighted by molar-refractivity contribution is 5.90. The zero-order chi connectivity index (χ0) is 83.5. The van der Waals surface area contributed by atoms with Gasteiger partial charge in [0, 0.05) is 33.4 Å². The van der Waals surface area contributed by atoms with Gasteiger partial charge in [-0.05, 0) is 178 Å². The highest BCUT2D eigenvalue weighted by Gasteiger charge is 2.48. The lowest BCUT2D eigenvalue weighted by atomic mass is 9.67. The van der Waals surface area contributed by atoms with E-state index in [0.29, 0.717) is 80.9 Å². The minimum Gasteiger partial charge on any atom is -0.450 e. The van der Waals surface area contributed by atoms with E-state index < -0.39 is 10.8 Å². The van der Waals surface area contributed by atoms with Crippen molar-refractivity contribution in [2.75, 3.05) is 0 Å². The molecule has 2 aliphatic carbocycles. The molecule has 0 fully saturated rings. The number of para-hydroxylation sites is 4. The van der Waals surface area contributed by atoms with Crippen LogP contribution in [-0.4, -0.2) is 29.9 Å². The molecule has 0 unspecified atom stereocenters. The summed E-state index contributed by atoms with van der Waals surface area (Å²) < 4.78 is 25.7. The molecule has 18 aromatic carbocycles. The highest BCUT2D eigenvalue weighted by Crippen LogP contribution is 2.61. The number of benzene rings is 18. The van der Waals surface area contributed by atoms with Gasteiger partial charge in [0.1, 0.15) is 0 Å². The SMILES string of the molecule is c1ccc(-c2ccc(-c3nc(-c4ccc(C5(c6ccc7c(c6)Oc6ccccc6O7)c6ccccc6-c6ccccc65)cc4)nc(-c4cccc(-c5ccccc5)c4)n3)cc2)cc1.c1ccc(-c2cccc(-c3nc(-c4ccc(C5(c6ccc7c(c6)Oc6ccccc6O7)c6ccccc6-c6ccccc65)cc4)nc(-c4cccc(-c5ccccc5)c4)n3)c2)cc1. The molecular weight excluding hydrogens is 1540 g/mol. The molecule has 24 rings (SSSR count). The average molecular weight is 1620 g/mol. The van der Waals surface area contributed by atoms with Crippen LogP contribution in [0.25, 0.3) is 135 Å². The molecule has 20 aromatic rings. The third kappa shape index (κ3) is 13.1. The van der Waals surface area contributed by atoms with Crippen molar-refractivity contribution in [2.45, 2.75) is 10.8 Å². The van der Waals surface area contributed by atoms with Gasteiger partial charge in [-0.1, -0.05) is 382 Å². The number of aromatic nitrogens is 6. The van der Waals surface area contributed by atoms with Gasteiger partial charge < -0.3 is 18.9 Å². The minimum atomic E-state index is -0.660. The third-order valence-corrected chi connectivity index (χ3v) is 24.6. The molecule has 0 atom stereocenters. The molecule has 4 heterocycles. The van der Waals surface area contributed by atoms with Crippen LogP contribution in [0.2, 0.25) is 0 Å². The summed E-state index contributed by atoms with van der Waals surface area (Å²) in [7, 11) is 0. The van der Waals surface area contributed by atoms with E-state index in [4.69, 9.17) is 48.9 Å². The Hall–Kier alpha value is -16.8. The zero-order valence-electron chi connectivity index (χ0n) is 68.0. The van der Waals surface area contributed by atoms with E-state index in [2.05, 4.69) is 364 Å². The van der Waals surface area contributed by atoms with Crippen LogP contribution in [0.3, 0.4) is 0 Å². The van der Waals surface area contributed by atoms with Crippen molar-refractivity contribution in [3.63, 3.8) is 0 Å². The number of hydrogen-bond acceptors (Lipinski definition) is 10. The summed E-state index contributed by atoms with van der Waals surface area (Å²) in [6.07, 6.45) is 0. The molecule has 4 aliphatic rings. The average Bonchev–Trinajstić information content (AvgIpc) is 1.54. The van der Waals surface area contributed by atoms with E-state index in [0.717, 1.165) is 100 Å². The monoisotopic (exact) mass is 1610 g/mol. The molecule has 592 valence electrons. The first-order chi connectivity index (χ1) is 62.4. The molecule has 0 saturated heterocycles. The maximum atomic E-state index is 6.52. The molecule has 126 heavy (non-hydrogen) atoms. The van der Waals surface area contributed by atoms with Gasteiger partial charge in [-0.2, -0.15) is 0 Å². The molecule has 0 amide bonds. The molecule has 10 nitrogen and oxygen atoms in total. The number of nitrogens with zero attached hydrogens (tertiary/aromatic N) is 6. The second kappa shape index (κ2) is 31.3. The summed E-state index contributed by atoms with van der Waals surface area (Å²) in [6, 6.07) is 156. The number of hydrogen-bond donors (Lipinski definition) is 0. The van der Waals surface area contributed by atoms with E-state index in [1.807, 2.05) is 84.9 Å². The summed E-state index contributed by atoms with van der Waals surface area (Å²) in [5.74, 6) is 9.16. The van der Waals surface area contributed by atoms with Gasteiger partial charge in [0.2, 0.25) is 0 Å². The first kappa shape index (κ1) is 74.3. The lowest BCUT2D eigenvalue weighted by Crippen LogP contribution is -2.28. The van der Waals surface area contributed by atoms with E-state index in [9.17, 15) is 0 Å². The van der Waals surface area contributed by atoms with Crippen LogP contribution in [0.5, 0.6) is 46.0 Å². The van der Waals surface area contributed by atoms with Crippen molar-refractivity contribution in [3.8, 4) is 181 Å². The summed E-state index contributed by atoms with van der Waals surface area (Å²) in [5, 5.41) is 0. The van der Waals surface area contributed by atoms with Gasteiger partial charge in [0.15, 0.2) is 80.9 Å². The van der Waals surface area contributed by atoms with Crippen molar-refractivity contribution >= 4 is 0 Å². The van der Waals surface area contributed by atoms with Crippen LogP contribution < -0.4 is 18.9 Å². The lowest BCUT2D eigenvalue weighted by molar-refractivity contribution is 0.359. The first-order valence-electron chi connectivity index (χ1n) is 42.3. The second-order valence-corrected chi connectivity index (χ2v) is 31.9. The summed E-state index contributed by atoms with van der Waals surface area (Å²) in [6.45, 7) is 0. The van der Waals surface area contributed by atoms with E-state index in [1.54, 1.807) is 0 Å². The topological polar surface area (TPSA) is 114 Å². The Bertz CT molecular complexity index is 7390. The fraction of sp³-hybridized carbons (Fsp3) is 0.0172. The number of rotatable bonds is 14. The Morgan fingerprint density at radius 1 is 0.135 bits per heavy atom. The maximum absolute atomic E-state index is 6.52. The largest absolute Gasteiger partial charge is 0.450 e. The third-order valence-electron chi connectivity index (χ3n) is 24.6.